The molecule has 1 fully saturated rings. The number of nitrogens with one attached hydrogen (secondary N) is 1. The van der Waals surface area contributed by atoms with Crippen molar-refractivity contribution in [1.29, 1.82) is 5.26 Å². The molecular weight excluding hydrogens is 350 g/mol. The summed E-state index contributed by atoms with van der Waals surface area (Å²) in [5, 5.41) is 12.2. The predicted octanol–water partition coefficient (Wildman–Crippen LogP) is 3.84. The van der Waals surface area contributed by atoms with Crippen LogP contribution in [0.5, 0.6) is 5.75 Å². The maximum atomic E-state index is 12.6. The van der Waals surface area contributed by atoms with Crippen molar-refractivity contribution in [1.82, 2.24) is 10.2 Å². The van der Waals surface area contributed by atoms with Crippen molar-refractivity contribution in [3.63, 3.8) is 0 Å². The number of rotatable bonds is 9. The van der Waals surface area contributed by atoms with Gasteiger partial charge in [-0.05, 0) is 55.7 Å². The van der Waals surface area contributed by atoms with E-state index < -0.39 is 6.10 Å². The Morgan fingerprint density at radius 1 is 1.25 bits per heavy atom. The lowest BCUT2D eigenvalue weighted by molar-refractivity contribution is -0.129. The molecule has 154 valence electrons. The third-order valence-corrected chi connectivity index (χ3v) is 5.27. The number of nitriles is 1. The molecule has 0 radical (unpaired) electrons. The number of likely N-dealkylation sites (tertiary alicyclic amines) is 1. The average Bonchev–Trinajstić information content (AvgIpc) is 2.64. The fourth-order valence-corrected chi connectivity index (χ4v) is 4.04. The number of para-hydroxylation sites is 1. The molecule has 2 rings (SSSR count). The summed E-state index contributed by atoms with van der Waals surface area (Å²) in [4.78, 5) is 15.2. The van der Waals surface area contributed by atoms with Crippen LogP contribution in [0.15, 0.2) is 24.3 Å². The monoisotopic (exact) mass is 385 g/mol. The highest BCUT2D eigenvalue weighted by atomic mass is 16.5. The lowest BCUT2D eigenvalue weighted by Gasteiger charge is -2.34. The summed E-state index contributed by atoms with van der Waals surface area (Å²) in [5.74, 6) is 1.94. The lowest BCUT2D eigenvalue weighted by atomic mass is 9.92. The first-order valence-electron chi connectivity index (χ1n) is 10.6. The fourth-order valence-electron chi connectivity index (χ4n) is 4.04. The topological polar surface area (TPSA) is 65.4 Å². The Morgan fingerprint density at radius 2 is 1.93 bits per heavy atom. The summed E-state index contributed by atoms with van der Waals surface area (Å²) in [6.07, 6.45) is 2.78. The molecule has 1 aliphatic rings. The molecule has 3 unspecified atom stereocenters. The summed E-state index contributed by atoms with van der Waals surface area (Å²) in [6.45, 7) is 12.7. The van der Waals surface area contributed by atoms with Gasteiger partial charge in [0.1, 0.15) is 11.8 Å². The summed E-state index contributed by atoms with van der Waals surface area (Å²) in [5.41, 5.74) is 0.450. The van der Waals surface area contributed by atoms with Gasteiger partial charge < -0.3 is 15.0 Å². The van der Waals surface area contributed by atoms with E-state index >= 15 is 0 Å². The number of hydrogen-bond acceptors (Lipinski definition) is 4. The van der Waals surface area contributed by atoms with Crippen LogP contribution in [0.2, 0.25) is 0 Å². The quantitative estimate of drug-likeness (QED) is 0.656. The van der Waals surface area contributed by atoms with Crippen molar-refractivity contribution in [3.05, 3.63) is 29.8 Å². The highest BCUT2D eigenvalue weighted by Crippen LogP contribution is 2.22. The molecule has 0 aromatic heterocycles. The molecule has 5 heteroatoms. The number of benzene rings is 1. The van der Waals surface area contributed by atoms with Crippen LogP contribution < -0.4 is 10.1 Å². The Morgan fingerprint density at radius 3 is 2.57 bits per heavy atom. The lowest BCUT2D eigenvalue weighted by Crippen LogP contribution is -2.42. The number of hydrogen-bond donors (Lipinski definition) is 1. The van der Waals surface area contributed by atoms with Crippen LogP contribution in [-0.4, -0.2) is 43.1 Å². The molecule has 5 nitrogen and oxygen atoms in total. The van der Waals surface area contributed by atoms with Crippen molar-refractivity contribution in [2.24, 2.45) is 17.8 Å². The van der Waals surface area contributed by atoms with Crippen LogP contribution in [0.3, 0.4) is 0 Å². The smallest absolute Gasteiger partial charge is 0.261 e. The Hall–Kier alpha value is -2.06. The minimum Gasteiger partial charge on any atom is -0.479 e. The summed E-state index contributed by atoms with van der Waals surface area (Å²) in [6, 6.07) is 9.16. The third kappa shape index (κ3) is 6.83. The van der Waals surface area contributed by atoms with E-state index in [0.29, 0.717) is 17.9 Å². The minimum absolute atomic E-state index is 0.0167. The number of amides is 1. The highest BCUT2D eigenvalue weighted by Gasteiger charge is 2.25. The maximum Gasteiger partial charge on any atom is 0.261 e. The largest absolute Gasteiger partial charge is 0.479 e. The van der Waals surface area contributed by atoms with Gasteiger partial charge in [0.25, 0.3) is 5.91 Å². The van der Waals surface area contributed by atoms with E-state index in [2.05, 4.69) is 30.1 Å². The third-order valence-electron chi connectivity index (χ3n) is 5.27. The summed E-state index contributed by atoms with van der Waals surface area (Å²) >= 11 is 0. The van der Waals surface area contributed by atoms with Gasteiger partial charge in [-0.2, -0.15) is 5.26 Å². The fraction of sp³-hybridized carbons (Fsp3) is 0.652. The number of carbonyl (C=O) groups is 1. The summed E-state index contributed by atoms with van der Waals surface area (Å²) < 4.78 is 5.89. The molecule has 28 heavy (non-hydrogen) atoms. The molecule has 1 aromatic rings. The van der Waals surface area contributed by atoms with Gasteiger partial charge in [0.2, 0.25) is 0 Å². The molecule has 3 atom stereocenters. The van der Waals surface area contributed by atoms with Crippen LogP contribution >= 0.6 is 0 Å². The predicted molar refractivity (Wildman–Crippen MR) is 112 cm³/mol. The van der Waals surface area contributed by atoms with Gasteiger partial charge in [0.05, 0.1) is 5.56 Å². The van der Waals surface area contributed by atoms with Crippen LogP contribution in [-0.2, 0) is 4.79 Å². The second-order valence-corrected chi connectivity index (χ2v) is 8.59. The zero-order chi connectivity index (χ0) is 20.5. The van der Waals surface area contributed by atoms with E-state index in [0.717, 1.165) is 31.2 Å². The SMILES string of the molecule is CC1CC(C)CN(CCCCNC(=O)C(Oc2ccccc2C#N)C(C)C)C1. The number of piperidine rings is 1. The van der Waals surface area contributed by atoms with E-state index in [1.54, 1.807) is 18.2 Å². The second-order valence-electron chi connectivity index (χ2n) is 8.59. The van der Waals surface area contributed by atoms with Crippen molar-refractivity contribution in [2.75, 3.05) is 26.2 Å². The molecule has 1 aliphatic heterocycles. The molecule has 0 saturated carbocycles. The van der Waals surface area contributed by atoms with E-state index in [9.17, 15) is 10.1 Å². The highest BCUT2D eigenvalue weighted by molar-refractivity contribution is 5.81. The Balaban J connectivity index is 1.76. The van der Waals surface area contributed by atoms with Gasteiger partial charge in [0, 0.05) is 19.6 Å². The van der Waals surface area contributed by atoms with Gasteiger partial charge in [-0.1, -0.05) is 39.8 Å². The summed E-state index contributed by atoms with van der Waals surface area (Å²) in [7, 11) is 0. The molecule has 0 spiro atoms. The van der Waals surface area contributed by atoms with E-state index in [1.165, 1.54) is 19.5 Å². The number of nitrogens with zero attached hydrogens (tertiary/aromatic N) is 2. The first-order valence-corrected chi connectivity index (χ1v) is 10.6. The normalized spacial score (nSPS) is 21.1. The van der Waals surface area contributed by atoms with Crippen molar-refractivity contribution in [2.45, 2.75) is 53.1 Å². The first kappa shape index (κ1) is 22.2. The molecule has 1 heterocycles. The molecule has 1 amide bonds. The molecule has 1 saturated heterocycles. The zero-order valence-corrected chi connectivity index (χ0v) is 17.8. The Labute approximate surface area is 170 Å². The van der Waals surface area contributed by atoms with Crippen LogP contribution in [0.1, 0.15) is 52.5 Å². The molecule has 1 N–H and O–H groups in total. The number of ether oxygens (including phenoxy) is 1. The van der Waals surface area contributed by atoms with Crippen LogP contribution in [0.4, 0.5) is 0 Å². The molecule has 1 aromatic carbocycles. The Kier molecular flexibility index (Phi) is 8.79. The van der Waals surface area contributed by atoms with Crippen LogP contribution in [0.25, 0.3) is 0 Å². The van der Waals surface area contributed by atoms with Crippen molar-refractivity contribution >= 4 is 5.91 Å². The molecule has 0 aliphatic carbocycles. The van der Waals surface area contributed by atoms with Gasteiger partial charge in [0.15, 0.2) is 6.10 Å². The second kappa shape index (κ2) is 11.1. The van der Waals surface area contributed by atoms with Gasteiger partial charge in [-0.25, -0.2) is 0 Å². The van der Waals surface area contributed by atoms with Gasteiger partial charge in [-0.3, -0.25) is 4.79 Å². The molecule has 0 bridgehead atoms. The average molecular weight is 386 g/mol. The first-order chi connectivity index (χ1) is 13.4. The standard InChI is InChI=1S/C23H35N3O2/c1-17(2)22(28-21-10-6-5-9-20(21)14-24)23(27)25-11-7-8-12-26-15-18(3)13-19(4)16-26/h5-6,9-10,17-19,22H,7-8,11-13,15-16H2,1-4H3,(H,25,27). The van der Waals surface area contributed by atoms with E-state index in [1.807, 2.05) is 19.9 Å². The van der Waals surface area contributed by atoms with E-state index in [4.69, 9.17) is 4.74 Å². The number of unbranched alkanes of at least 4 members (excludes halogenated alkanes) is 1. The van der Waals surface area contributed by atoms with Crippen molar-refractivity contribution < 1.29 is 9.53 Å². The minimum atomic E-state index is -0.599. The molecular formula is C23H35N3O2. The number of carbonyl (C=O) groups excluding carboxylic acids is 1. The van der Waals surface area contributed by atoms with Crippen LogP contribution in [0, 0.1) is 29.1 Å². The zero-order valence-electron chi connectivity index (χ0n) is 17.8. The van der Waals surface area contributed by atoms with Gasteiger partial charge in [-0.15, -0.1) is 0 Å². The Bertz CT molecular complexity index is 658. The van der Waals surface area contributed by atoms with Gasteiger partial charge >= 0.3 is 0 Å². The van der Waals surface area contributed by atoms with E-state index in [-0.39, 0.29) is 11.8 Å². The maximum absolute atomic E-state index is 12.6. The van der Waals surface area contributed by atoms with Crippen molar-refractivity contribution in [3.8, 4) is 11.8 Å².